The fourth-order valence-electron chi connectivity index (χ4n) is 0.690. The maximum Gasteiger partial charge on any atom is 0.145 e. The summed E-state index contributed by atoms with van der Waals surface area (Å²) in [4.78, 5) is 7.82. The molecule has 0 saturated carbocycles. The molecule has 56 valence electrons. The SMILES string of the molecule is CCc1ncc(C#N)c(N)n1. The number of nitriles is 1. The van der Waals surface area contributed by atoms with Crippen molar-refractivity contribution >= 4 is 5.82 Å². The molecule has 0 aliphatic heterocycles. The molecule has 0 bridgehead atoms. The molecule has 1 rings (SSSR count). The van der Waals surface area contributed by atoms with Crippen molar-refractivity contribution in [3.05, 3.63) is 17.6 Å². The largest absolute Gasteiger partial charge is 0.382 e. The first-order chi connectivity index (χ1) is 5.27. The molecular weight excluding hydrogens is 140 g/mol. The van der Waals surface area contributed by atoms with Crippen molar-refractivity contribution in [1.29, 1.82) is 5.26 Å². The highest BCUT2D eigenvalue weighted by Gasteiger charge is 2.00. The molecule has 4 nitrogen and oxygen atoms in total. The monoisotopic (exact) mass is 148 g/mol. The molecule has 0 amide bonds. The van der Waals surface area contributed by atoms with Gasteiger partial charge in [0.05, 0.1) is 6.20 Å². The first-order valence-electron chi connectivity index (χ1n) is 3.29. The summed E-state index contributed by atoms with van der Waals surface area (Å²) in [6.45, 7) is 1.93. The van der Waals surface area contributed by atoms with Gasteiger partial charge in [0.1, 0.15) is 23.3 Å². The Morgan fingerprint density at radius 3 is 2.91 bits per heavy atom. The number of aryl methyl sites for hydroxylation is 1. The van der Waals surface area contributed by atoms with Gasteiger partial charge < -0.3 is 5.73 Å². The van der Waals surface area contributed by atoms with Crippen LogP contribution in [0.4, 0.5) is 5.82 Å². The van der Waals surface area contributed by atoms with Crippen molar-refractivity contribution < 1.29 is 0 Å². The molecule has 1 heterocycles. The molecule has 0 aliphatic carbocycles. The van der Waals surface area contributed by atoms with Gasteiger partial charge in [0.15, 0.2) is 0 Å². The summed E-state index contributed by atoms with van der Waals surface area (Å²) in [7, 11) is 0. The second kappa shape index (κ2) is 2.97. The molecule has 0 spiro atoms. The van der Waals surface area contributed by atoms with Gasteiger partial charge in [0, 0.05) is 6.42 Å². The molecule has 11 heavy (non-hydrogen) atoms. The second-order valence-electron chi connectivity index (χ2n) is 2.05. The topological polar surface area (TPSA) is 75.6 Å². The van der Waals surface area contributed by atoms with Crippen LogP contribution >= 0.6 is 0 Å². The van der Waals surface area contributed by atoms with E-state index >= 15 is 0 Å². The standard InChI is InChI=1S/C7H8N4/c1-2-6-10-4-5(3-8)7(9)11-6/h4H,2H2,1H3,(H2,9,10,11). The van der Waals surface area contributed by atoms with Crippen LogP contribution in [-0.2, 0) is 6.42 Å². The van der Waals surface area contributed by atoms with E-state index in [4.69, 9.17) is 11.0 Å². The molecule has 0 aromatic carbocycles. The van der Waals surface area contributed by atoms with Gasteiger partial charge in [-0.15, -0.1) is 0 Å². The van der Waals surface area contributed by atoms with Crippen LogP contribution in [0.3, 0.4) is 0 Å². The number of nitrogens with two attached hydrogens (primary N) is 1. The third-order valence-electron chi connectivity index (χ3n) is 1.30. The Balaban J connectivity index is 3.12. The summed E-state index contributed by atoms with van der Waals surface area (Å²) in [6, 6.07) is 1.90. The Morgan fingerprint density at radius 2 is 2.45 bits per heavy atom. The minimum Gasteiger partial charge on any atom is -0.382 e. The van der Waals surface area contributed by atoms with Gasteiger partial charge >= 0.3 is 0 Å². The highest BCUT2D eigenvalue weighted by molar-refractivity contribution is 5.46. The van der Waals surface area contributed by atoms with Gasteiger partial charge in [-0.3, -0.25) is 0 Å². The average molecular weight is 148 g/mol. The van der Waals surface area contributed by atoms with Gasteiger partial charge in [-0.05, 0) is 0 Å². The number of nitrogens with zero attached hydrogens (tertiary/aromatic N) is 3. The lowest BCUT2D eigenvalue weighted by molar-refractivity contribution is 0.941. The molecule has 4 heteroatoms. The average Bonchev–Trinajstić information content (AvgIpc) is 2.04. The van der Waals surface area contributed by atoms with E-state index < -0.39 is 0 Å². The lowest BCUT2D eigenvalue weighted by atomic mass is 10.3. The zero-order valence-electron chi connectivity index (χ0n) is 6.20. The van der Waals surface area contributed by atoms with Crippen LogP contribution in [0.25, 0.3) is 0 Å². The van der Waals surface area contributed by atoms with Crippen molar-refractivity contribution in [2.75, 3.05) is 5.73 Å². The lowest BCUT2D eigenvalue weighted by Gasteiger charge is -1.97. The first kappa shape index (κ1) is 7.48. The Labute approximate surface area is 64.7 Å². The summed E-state index contributed by atoms with van der Waals surface area (Å²) >= 11 is 0. The summed E-state index contributed by atoms with van der Waals surface area (Å²) in [6.07, 6.45) is 2.18. The fraction of sp³-hybridized carbons (Fsp3) is 0.286. The molecule has 0 aliphatic rings. The number of hydrogen-bond donors (Lipinski definition) is 1. The molecule has 1 aromatic heterocycles. The van der Waals surface area contributed by atoms with Crippen LogP contribution in [0.15, 0.2) is 6.20 Å². The molecule has 0 radical (unpaired) electrons. The van der Waals surface area contributed by atoms with Crippen molar-refractivity contribution in [2.24, 2.45) is 0 Å². The van der Waals surface area contributed by atoms with Crippen LogP contribution in [0.5, 0.6) is 0 Å². The second-order valence-corrected chi connectivity index (χ2v) is 2.05. The van der Waals surface area contributed by atoms with Crippen LogP contribution < -0.4 is 5.73 Å². The summed E-state index contributed by atoms with van der Waals surface area (Å²) in [5.74, 6) is 0.931. The number of aromatic nitrogens is 2. The highest BCUT2D eigenvalue weighted by Crippen LogP contribution is 2.04. The molecule has 0 atom stereocenters. The van der Waals surface area contributed by atoms with Crippen molar-refractivity contribution in [2.45, 2.75) is 13.3 Å². The quantitative estimate of drug-likeness (QED) is 0.629. The normalized spacial score (nSPS) is 9.09. The van der Waals surface area contributed by atoms with Gasteiger partial charge in [-0.25, -0.2) is 9.97 Å². The number of anilines is 1. The summed E-state index contributed by atoms with van der Waals surface area (Å²) < 4.78 is 0. The maximum absolute atomic E-state index is 8.47. The van der Waals surface area contributed by atoms with E-state index in [-0.39, 0.29) is 5.82 Å². The predicted octanol–water partition coefficient (Wildman–Crippen LogP) is 0.493. The van der Waals surface area contributed by atoms with E-state index in [2.05, 4.69) is 9.97 Å². The summed E-state index contributed by atoms with van der Waals surface area (Å²) in [5, 5.41) is 8.47. The Morgan fingerprint density at radius 1 is 1.73 bits per heavy atom. The molecule has 0 fully saturated rings. The Kier molecular flexibility index (Phi) is 2.02. The van der Waals surface area contributed by atoms with E-state index in [0.717, 1.165) is 6.42 Å². The zero-order chi connectivity index (χ0) is 8.27. The van der Waals surface area contributed by atoms with Gasteiger partial charge in [-0.1, -0.05) is 6.92 Å². The number of nitrogen functional groups attached to an aromatic ring is 1. The molecule has 1 aromatic rings. The Hall–Kier alpha value is -1.63. The lowest BCUT2D eigenvalue weighted by Crippen LogP contribution is -2.00. The summed E-state index contributed by atoms with van der Waals surface area (Å²) in [5.41, 5.74) is 5.77. The molecule has 0 unspecified atom stereocenters. The van der Waals surface area contributed by atoms with E-state index in [9.17, 15) is 0 Å². The van der Waals surface area contributed by atoms with E-state index in [0.29, 0.717) is 11.4 Å². The van der Waals surface area contributed by atoms with Crippen LogP contribution in [0.1, 0.15) is 18.3 Å². The predicted molar refractivity (Wildman–Crippen MR) is 40.5 cm³/mol. The van der Waals surface area contributed by atoms with E-state index in [1.807, 2.05) is 13.0 Å². The van der Waals surface area contributed by atoms with Crippen molar-refractivity contribution in [1.82, 2.24) is 9.97 Å². The third-order valence-corrected chi connectivity index (χ3v) is 1.30. The van der Waals surface area contributed by atoms with Gasteiger partial charge in [-0.2, -0.15) is 5.26 Å². The minimum atomic E-state index is 0.263. The fourth-order valence-corrected chi connectivity index (χ4v) is 0.690. The smallest absolute Gasteiger partial charge is 0.145 e. The zero-order valence-corrected chi connectivity index (χ0v) is 6.20. The van der Waals surface area contributed by atoms with Gasteiger partial charge in [0.2, 0.25) is 0 Å². The third kappa shape index (κ3) is 1.44. The van der Waals surface area contributed by atoms with E-state index in [1.165, 1.54) is 6.20 Å². The molecule has 0 saturated heterocycles. The Bertz CT molecular complexity index is 300. The van der Waals surface area contributed by atoms with Crippen LogP contribution in [0, 0.1) is 11.3 Å². The number of rotatable bonds is 1. The van der Waals surface area contributed by atoms with Crippen LogP contribution in [0.2, 0.25) is 0 Å². The first-order valence-corrected chi connectivity index (χ1v) is 3.29. The maximum atomic E-state index is 8.47. The van der Waals surface area contributed by atoms with Gasteiger partial charge in [0.25, 0.3) is 0 Å². The van der Waals surface area contributed by atoms with Crippen molar-refractivity contribution in [3.8, 4) is 6.07 Å². The van der Waals surface area contributed by atoms with E-state index in [1.54, 1.807) is 0 Å². The van der Waals surface area contributed by atoms with Crippen LogP contribution in [-0.4, -0.2) is 9.97 Å². The van der Waals surface area contributed by atoms with Crippen molar-refractivity contribution in [3.63, 3.8) is 0 Å². The number of hydrogen-bond acceptors (Lipinski definition) is 4. The molecule has 2 N–H and O–H groups in total. The molecular formula is C7H8N4. The minimum absolute atomic E-state index is 0.263. The highest BCUT2D eigenvalue weighted by atomic mass is 14.9.